The molecule has 6 heteroatoms. The van der Waals surface area contributed by atoms with Gasteiger partial charge in [0.2, 0.25) is 0 Å². The molecule has 0 heterocycles. The molecule has 30 heavy (non-hydrogen) atoms. The van der Waals surface area contributed by atoms with Gasteiger partial charge in [-0.3, -0.25) is 0 Å². The zero-order valence-corrected chi connectivity index (χ0v) is 15.6. The Hall–Kier alpha value is -4.32. The number of hydrogen-bond donors (Lipinski definition) is 6. The molecule has 0 bridgehead atoms. The maximum Gasteiger partial charge on any atom is 0.127 e. The van der Waals surface area contributed by atoms with Crippen LogP contribution in [0.3, 0.4) is 0 Å². The molecule has 6 N–H and O–H groups in total. The van der Waals surface area contributed by atoms with Crippen LogP contribution in [0.1, 0.15) is 0 Å². The maximum atomic E-state index is 10.3. The van der Waals surface area contributed by atoms with Crippen molar-refractivity contribution < 1.29 is 30.6 Å². The van der Waals surface area contributed by atoms with Crippen molar-refractivity contribution in [3.63, 3.8) is 0 Å². The Labute approximate surface area is 171 Å². The van der Waals surface area contributed by atoms with Crippen LogP contribution in [-0.4, -0.2) is 30.6 Å². The monoisotopic (exact) mass is 402 g/mol. The van der Waals surface area contributed by atoms with Gasteiger partial charge in [0.25, 0.3) is 0 Å². The molecular formula is C24H18O6. The Morgan fingerprint density at radius 3 is 1.27 bits per heavy atom. The molecule has 0 saturated carbocycles. The van der Waals surface area contributed by atoms with Crippen molar-refractivity contribution in [2.75, 3.05) is 0 Å². The predicted molar refractivity (Wildman–Crippen MR) is 113 cm³/mol. The molecule has 0 aliphatic rings. The summed E-state index contributed by atoms with van der Waals surface area (Å²) in [5, 5.41) is 60.5. The zero-order chi connectivity index (χ0) is 21.4. The van der Waals surface area contributed by atoms with E-state index < -0.39 is 0 Å². The van der Waals surface area contributed by atoms with Gasteiger partial charge in [-0.15, -0.1) is 0 Å². The smallest absolute Gasteiger partial charge is 0.127 e. The van der Waals surface area contributed by atoms with E-state index >= 15 is 0 Å². The summed E-state index contributed by atoms with van der Waals surface area (Å²) in [6, 6.07) is 17.8. The van der Waals surface area contributed by atoms with Crippen LogP contribution in [0, 0.1) is 0 Å². The highest BCUT2D eigenvalue weighted by Gasteiger charge is 2.16. The lowest BCUT2D eigenvalue weighted by molar-refractivity contribution is 0.451. The molecule has 0 fully saturated rings. The lowest BCUT2D eigenvalue weighted by Crippen LogP contribution is -1.88. The van der Waals surface area contributed by atoms with Gasteiger partial charge in [0.05, 0.1) is 5.56 Å². The second-order valence-electron chi connectivity index (χ2n) is 6.87. The normalized spacial score (nSPS) is 10.8. The molecule has 4 rings (SSSR count). The Morgan fingerprint density at radius 1 is 0.400 bits per heavy atom. The molecule has 0 saturated heterocycles. The van der Waals surface area contributed by atoms with Gasteiger partial charge in [0.1, 0.15) is 34.5 Å². The Bertz CT molecular complexity index is 1170. The van der Waals surface area contributed by atoms with Gasteiger partial charge in [-0.05, 0) is 71.3 Å². The summed E-state index contributed by atoms with van der Waals surface area (Å²) in [5.41, 5.74) is 2.49. The SMILES string of the molecule is Oc1ccc(-c2cc(-c3ccc(O)cc3O)cc(-c3c(O)cccc3O)c2)c(O)c1. The molecule has 0 atom stereocenters. The number of benzene rings is 4. The van der Waals surface area contributed by atoms with E-state index in [2.05, 4.69) is 0 Å². The molecular weight excluding hydrogens is 384 g/mol. The average molecular weight is 402 g/mol. The molecule has 150 valence electrons. The van der Waals surface area contributed by atoms with Gasteiger partial charge >= 0.3 is 0 Å². The molecule has 0 aliphatic carbocycles. The van der Waals surface area contributed by atoms with Gasteiger partial charge in [0, 0.05) is 23.3 Å². The van der Waals surface area contributed by atoms with E-state index in [0.717, 1.165) is 0 Å². The summed E-state index contributed by atoms with van der Waals surface area (Å²) in [6.45, 7) is 0. The van der Waals surface area contributed by atoms with E-state index in [4.69, 9.17) is 0 Å². The Morgan fingerprint density at radius 2 is 0.833 bits per heavy atom. The van der Waals surface area contributed by atoms with Gasteiger partial charge in [-0.25, -0.2) is 0 Å². The van der Waals surface area contributed by atoms with Gasteiger partial charge in [0.15, 0.2) is 0 Å². The van der Waals surface area contributed by atoms with E-state index in [1.165, 1.54) is 54.6 Å². The van der Waals surface area contributed by atoms with Crippen molar-refractivity contribution in [2.45, 2.75) is 0 Å². The molecule has 0 unspecified atom stereocenters. The molecule has 6 nitrogen and oxygen atoms in total. The lowest BCUT2D eigenvalue weighted by Gasteiger charge is -2.14. The summed E-state index contributed by atoms with van der Waals surface area (Å²) in [6.07, 6.45) is 0. The van der Waals surface area contributed by atoms with Crippen molar-refractivity contribution in [3.05, 3.63) is 72.8 Å². The van der Waals surface area contributed by atoms with Crippen molar-refractivity contribution in [1.29, 1.82) is 0 Å². The second kappa shape index (κ2) is 7.25. The van der Waals surface area contributed by atoms with Crippen LogP contribution in [0.15, 0.2) is 72.8 Å². The van der Waals surface area contributed by atoms with Crippen LogP contribution in [-0.2, 0) is 0 Å². The van der Waals surface area contributed by atoms with E-state index in [1.807, 2.05) is 0 Å². The van der Waals surface area contributed by atoms with Crippen molar-refractivity contribution in [2.24, 2.45) is 0 Å². The maximum absolute atomic E-state index is 10.3. The largest absolute Gasteiger partial charge is 0.508 e. The summed E-state index contributed by atoms with van der Waals surface area (Å²) >= 11 is 0. The summed E-state index contributed by atoms with van der Waals surface area (Å²) < 4.78 is 0. The quantitative estimate of drug-likeness (QED) is 0.289. The van der Waals surface area contributed by atoms with E-state index in [9.17, 15) is 30.6 Å². The first-order valence-corrected chi connectivity index (χ1v) is 9.04. The third kappa shape index (κ3) is 3.42. The zero-order valence-electron chi connectivity index (χ0n) is 15.6. The number of aromatic hydroxyl groups is 6. The standard InChI is InChI=1S/C24H18O6/c25-16-4-6-18(22(29)11-16)13-8-14(19-7-5-17(26)12-23(19)30)10-15(9-13)24-20(27)2-1-3-21(24)28/h1-12,25-30H. The van der Waals surface area contributed by atoms with Crippen LogP contribution in [0.2, 0.25) is 0 Å². The van der Waals surface area contributed by atoms with Crippen molar-refractivity contribution >= 4 is 0 Å². The average Bonchev–Trinajstić information content (AvgIpc) is 2.67. The van der Waals surface area contributed by atoms with Crippen LogP contribution >= 0.6 is 0 Å². The minimum absolute atomic E-state index is 0.0952. The fourth-order valence-corrected chi connectivity index (χ4v) is 3.44. The third-order valence-corrected chi connectivity index (χ3v) is 4.83. The van der Waals surface area contributed by atoms with Crippen molar-refractivity contribution in [1.82, 2.24) is 0 Å². The first-order valence-electron chi connectivity index (χ1n) is 9.04. The predicted octanol–water partition coefficient (Wildman–Crippen LogP) is 4.92. The lowest BCUT2D eigenvalue weighted by atomic mass is 9.92. The number of rotatable bonds is 3. The molecule has 0 spiro atoms. The van der Waals surface area contributed by atoms with Gasteiger partial charge < -0.3 is 30.6 Å². The van der Waals surface area contributed by atoms with Crippen LogP contribution in [0.4, 0.5) is 0 Å². The highest BCUT2D eigenvalue weighted by atomic mass is 16.3. The number of phenolic OH excluding ortho intramolecular Hbond substituents is 6. The molecule has 0 radical (unpaired) electrons. The minimum atomic E-state index is -0.158. The highest BCUT2D eigenvalue weighted by molar-refractivity contribution is 5.87. The van der Waals surface area contributed by atoms with E-state index in [-0.39, 0.29) is 40.1 Å². The molecule has 0 amide bonds. The highest BCUT2D eigenvalue weighted by Crippen LogP contribution is 2.43. The van der Waals surface area contributed by atoms with Gasteiger partial charge in [-0.2, -0.15) is 0 Å². The number of hydrogen-bond acceptors (Lipinski definition) is 6. The molecule has 0 aromatic heterocycles. The third-order valence-electron chi connectivity index (χ3n) is 4.83. The molecule has 4 aromatic carbocycles. The van der Waals surface area contributed by atoms with E-state index in [1.54, 1.807) is 18.2 Å². The summed E-state index contributed by atoms with van der Waals surface area (Å²) in [4.78, 5) is 0. The van der Waals surface area contributed by atoms with Gasteiger partial charge in [-0.1, -0.05) is 6.07 Å². The van der Waals surface area contributed by atoms with Crippen LogP contribution < -0.4 is 0 Å². The summed E-state index contributed by atoms with van der Waals surface area (Å²) in [5.74, 6) is -0.778. The first-order chi connectivity index (χ1) is 14.3. The second-order valence-corrected chi connectivity index (χ2v) is 6.87. The van der Waals surface area contributed by atoms with Crippen molar-refractivity contribution in [3.8, 4) is 67.9 Å². The molecule has 0 aliphatic heterocycles. The number of phenols is 6. The van der Waals surface area contributed by atoms with E-state index in [0.29, 0.717) is 27.8 Å². The minimum Gasteiger partial charge on any atom is -0.508 e. The first kappa shape index (κ1) is 19.0. The van der Waals surface area contributed by atoms with Crippen LogP contribution in [0.5, 0.6) is 34.5 Å². The fourth-order valence-electron chi connectivity index (χ4n) is 3.44. The topological polar surface area (TPSA) is 121 Å². The summed E-state index contributed by atoms with van der Waals surface area (Å²) in [7, 11) is 0. The van der Waals surface area contributed by atoms with Crippen LogP contribution in [0.25, 0.3) is 33.4 Å². The Balaban J connectivity index is 2.01. The molecule has 4 aromatic rings. The Kier molecular flexibility index (Phi) is 4.60. The fraction of sp³-hybridized carbons (Fsp3) is 0.